The Hall–Kier alpha value is -3.74. The van der Waals surface area contributed by atoms with E-state index in [1.807, 2.05) is 19.1 Å². The number of nitriles is 1. The number of aryl methyl sites for hydroxylation is 1. The Morgan fingerprint density at radius 3 is 2.51 bits per heavy atom. The number of imide groups is 2. The molecule has 3 aromatic carbocycles. The van der Waals surface area contributed by atoms with Gasteiger partial charge in [-0.1, -0.05) is 40.2 Å². The number of carbonyl (C=O) groups is 3. The summed E-state index contributed by atoms with van der Waals surface area (Å²) in [6.45, 7) is 2.04. The number of benzene rings is 3. The van der Waals surface area contributed by atoms with Gasteiger partial charge in [0.25, 0.3) is 11.8 Å². The van der Waals surface area contributed by atoms with Gasteiger partial charge in [0.05, 0.1) is 21.8 Å². The first-order chi connectivity index (χ1) is 16.8. The molecule has 1 heterocycles. The smallest absolute Gasteiger partial charge is 0.335 e. The molecular weight excluding hydrogens is 578 g/mol. The molecule has 1 aliphatic rings. The summed E-state index contributed by atoms with van der Waals surface area (Å²) in [7, 11) is 0. The Bertz CT molecular complexity index is 1440. The van der Waals surface area contributed by atoms with Crippen molar-refractivity contribution in [2.45, 2.75) is 13.5 Å². The van der Waals surface area contributed by atoms with Gasteiger partial charge in [-0.25, -0.2) is 9.69 Å². The maximum absolute atomic E-state index is 13.1. The second kappa shape index (κ2) is 10.3. The molecule has 4 rings (SSSR count). The lowest BCUT2D eigenvalue weighted by Gasteiger charge is -2.26. The minimum atomic E-state index is -0.804. The number of nitrogens with one attached hydrogen (secondary N) is 1. The molecule has 0 aliphatic carbocycles. The summed E-state index contributed by atoms with van der Waals surface area (Å²) in [6.07, 6.45) is 1.42. The lowest BCUT2D eigenvalue weighted by atomic mass is 10.1. The second-order valence-electron chi connectivity index (χ2n) is 7.64. The van der Waals surface area contributed by atoms with Gasteiger partial charge in [0, 0.05) is 10.0 Å². The van der Waals surface area contributed by atoms with E-state index in [9.17, 15) is 19.6 Å². The molecule has 0 aromatic heterocycles. The zero-order valence-electron chi connectivity index (χ0n) is 18.3. The van der Waals surface area contributed by atoms with Gasteiger partial charge < -0.3 is 4.74 Å². The molecule has 0 bridgehead atoms. The zero-order chi connectivity index (χ0) is 25.1. The summed E-state index contributed by atoms with van der Waals surface area (Å²) in [5.41, 5.74) is 2.86. The maximum atomic E-state index is 13.1. The number of halogens is 2. The van der Waals surface area contributed by atoms with Crippen LogP contribution in [0.2, 0.25) is 0 Å². The molecule has 9 heteroatoms. The molecule has 35 heavy (non-hydrogen) atoms. The molecule has 1 aliphatic heterocycles. The monoisotopic (exact) mass is 593 g/mol. The van der Waals surface area contributed by atoms with Gasteiger partial charge in [-0.3, -0.25) is 14.9 Å². The summed E-state index contributed by atoms with van der Waals surface area (Å²) in [5, 5.41) is 11.5. The molecule has 1 fully saturated rings. The molecule has 0 atom stereocenters. The number of nitrogens with zero attached hydrogens (tertiary/aromatic N) is 2. The van der Waals surface area contributed by atoms with E-state index in [0.717, 1.165) is 20.5 Å². The maximum Gasteiger partial charge on any atom is 0.335 e. The summed E-state index contributed by atoms with van der Waals surface area (Å²) in [6, 6.07) is 18.6. The highest BCUT2D eigenvalue weighted by atomic mass is 79.9. The molecular formula is C26H17Br2N3O4. The average Bonchev–Trinajstić information content (AvgIpc) is 2.83. The number of anilines is 1. The largest absolute Gasteiger partial charge is 0.488 e. The van der Waals surface area contributed by atoms with Gasteiger partial charge >= 0.3 is 6.03 Å². The van der Waals surface area contributed by atoms with Gasteiger partial charge in [0.1, 0.15) is 17.9 Å². The standard InChI is InChI=1S/C26H17Br2N3O4/c1-15-10-19(7-8-21(15)27)31-25(33)20(24(32)30-26(31)34)11-16-6-9-23(22(28)12-16)35-14-18-5-3-2-4-17(18)13-29/h2-12H,14H2,1H3,(H,30,32,34)/b20-11+. The quantitative estimate of drug-likeness (QED) is 0.304. The lowest BCUT2D eigenvalue weighted by Crippen LogP contribution is -2.54. The summed E-state index contributed by atoms with van der Waals surface area (Å²) in [4.78, 5) is 39.0. The van der Waals surface area contributed by atoms with Crippen molar-refractivity contribution in [1.82, 2.24) is 5.32 Å². The fourth-order valence-corrected chi connectivity index (χ4v) is 4.22. The first kappa shape index (κ1) is 24.4. The highest BCUT2D eigenvalue weighted by Gasteiger charge is 2.36. The predicted molar refractivity (Wildman–Crippen MR) is 138 cm³/mol. The molecule has 1 N–H and O–H groups in total. The fraction of sp³-hybridized carbons (Fsp3) is 0.0769. The number of amides is 4. The van der Waals surface area contributed by atoms with Gasteiger partial charge in [-0.05, 0) is 76.5 Å². The van der Waals surface area contributed by atoms with Crippen molar-refractivity contribution in [2.75, 3.05) is 4.90 Å². The van der Waals surface area contributed by atoms with Crippen LogP contribution in [-0.4, -0.2) is 17.8 Å². The van der Waals surface area contributed by atoms with E-state index in [0.29, 0.717) is 27.0 Å². The van der Waals surface area contributed by atoms with Crippen LogP contribution < -0.4 is 15.0 Å². The van der Waals surface area contributed by atoms with E-state index in [2.05, 4.69) is 43.2 Å². The van der Waals surface area contributed by atoms with Crippen LogP contribution >= 0.6 is 31.9 Å². The van der Waals surface area contributed by atoms with E-state index in [1.165, 1.54) is 6.08 Å². The first-order valence-electron chi connectivity index (χ1n) is 10.4. The third-order valence-electron chi connectivity index (χ3n) is 5.29. The Kier molecular flexibility index (Phi) is 7.15. The molecule has 3 aromatic rings. The minimum Gasteiger partial charge on any atom is -0.488 e. The van der Waals surface area contributed by atoms with Crippen LogP contribution in [0.25, 0.3) is 6.08 Å². The van der Waals surface area contributed by atoms with Crippen molar-refractivity contribution >= 4 is 61.5 Å². The Balaban J connectivity index is 1.58. The van der Waals surface area contributed by atoms with Gasteiger partial charge in [0.2, 0.25) is 0 Å². The molecule has 0 radical (unpaired) electrons. The Morgan fingerprint density at radius 1 is 1.03 bits per heavy atom. The van der Waals surface area contributed by atoms with Crippen LogP contribution in [0, 0.1) is 18.3 Å². The average molecular weight is 595 g/mol. The number of hydrogen-bond donors (Lipinski definition) is 1. The van der Waals surface area contributed by atoms with Crippen molar-refractivity contribution in [3.05, 3.63) is 97.4 Å². The third-order valence-corrected chi connectivity index (χ3v) is 6.80. The minimum absolute atomic E-state index is 0.173. The van der Waals surface area contributed by atoms with E-state index in [-0.39, 0.29) is 12.2 Å². The number of carbonyl (C=O) groups excluding carboxylic acids is 3. The van der Waals surface area contributed by atoms with Crippen molar-refractivity contribution in [2.24, 2.45) is 0 Å². The first-order valence-corrected chi connectivity index (χ1v) is 11.9. The van der Waals surface area contributed by atoms with E-state index in [1.54, 1.807) is 48.5 Å². The number of urea groups is 1. The number of ether oxygens (including phenoxy) is 1. The summed E-state index contributed by atoms with van der Waals surface area (Å²) in [5.74, 6) is -0.957. The van der Waals surface area contributed by atoms with Crippen molar-refractivity contribution in [3.63, 3.8) is 0 Å². The topological polar surface area (TPSA) is 99.5 Å². The van der Waals surface area contributed by atoms with Crippen LogP contribution in [0.4, 0.5) is 10.5 Å². The van der Waals surface area contributed by atoms with Crippen LogP contribution in [0.3, 0.4) is 0 Å². The number of barbiturate groups is 1. The highest BCUT2D eigenvalue weighted by molar-refractivity contribution is 9.10. The van der Waals surface area contributed by atoms with Crippen molar-refractivity contribution in [1.29, 1.82) is 5.26 Å². The van der Waals surface area contributed by atoms with Crippen molar-refractivity contribution in [3.8, 4) is 11.8 Å². The summed E-state index contributed by atoms with van der Waals surface area (Å²) < 4.78 is 7.27. The van der Waals surface area contributed by atoms with Crippen LogP contribution in [0.15, 0.2) is 75.2 Å². The molecule has 174 valence electrons. The van der Waals surface area contributed by atoms with Gasteiger partial charge in [-0.2, -0.15) is 5.26 Å². The number of rotatable bonds is 5. The van der Waals surface area contributed by atoms with Crippen LogP contribution in [0.5, 0.6) is 5.75 Å². The normalized spacial score (nSPS) is 14.6. The zero-order valence-corrected chi connectivity index (χ0v) is 21.5. The Labute approximate surface area is 218 Å². The third kappa shape index (κ3) is 5.19. The SMILES string of the molecule is Cc1cc(N2C(=O)NC(=O)/C(=C\c3ccc(OCc4ccccc4C#N)c(Br)c3)C2=O)ccc1Br. The molecule has 0 unspecified atom stereocenters. The van der Waals surface area contributed by atoms with E-state index in [4.69, 9.17) is 4.74 Å². The molecule has 4 amide bonds. The van der Waals surface area contributed by atoms with Crippen LogP contribution in [-0.2, 0) is 16.2 Å². The van der Waals surface area contributed by atoms with Gasteiger partial charge in [0.15, 0.2) is 0 Å². The van der Waals surface area contributed by atoms with Gasteiger partial charge in [-0.15, -0.1) is 0 Å². The summed E-state index contributed by atoms with van der Waals surface area (Å²) >= 11 is 6.85. The van der Waals surface area contributed by atoms with Crippen molar-refractivity contribution < 1.29 is 19.1 Å². The fourth-order valence-electron chi connectivity index (χ4n) is 3.46. The molecule has 0 spiro atoms. The van der Waals surface area contributed by atoms with Crippen LogP contribution in [0.1, 0.15) is 22.3 Å². The van der Waals surface area contributed by atoms with E-state index < -0.39 is 17.8 Å². The molecule has 0 saturated carbocycles. The number of hydrogen-bond acceptors (Lipinski definition) is 5. The molecule has 7 nitrogen and oxygen atoms in total. The Morgan fingerprint density at radius 2 is 1.80 bits per heavy atom. The molecule has 1 saturated heterocycles. The second-order valence-corrected chi connectivity index (χ2v) is 9.35. The van der Waals surface area contributed by atoms with E-state index >= 15 is 0 Å². The lowest BCUT2D eigenvalue weighted by molar-refractivity contribution is -0.122. The highest BCUT2D eigenvalue weighted by Crippen LogP contribution is 2.30. The predicted octanol–water partition coefficient (Wildman–Crippen LogP) is 5.64.